The van der Waals surface area contributed by atoms with Crippen molar-refractivity contribution in [3.8, 4) is 0 Å². The molecule has 2 atom stereocenters. The lowest BCUT2D eigenvalue weighted by Gasteiger charge is -2.37. The molecule has 2 nitrogen and oxygen atoms in total. The third-order valence-corrected chi connectivity index (χ3v) is 3.43. The van der Waals surface area contributed by atoms with Crippen LogP contribution in [0.2, 0.25) is 0 Å². The number of aliphatic hydroxyl groups is 1. The van der Waals surface area contributed by atoms with Gasteiger partial charge in [0.15, 0.2) is 0 Å². The summed E-state index contributed by atoms with van der Waals surface area (Å²) in [6.07, 6.45) is 7.88. The molecular weight excluding hydrogens is 150 g/mol. The van der Waals surface area contributed by atoms with Crippen molar-refractivity contribution < 1.29 is 5.11 Å². The van der Waals surface area contributed by atoms with E-state index in [1.807, 2.05) is 0 Å². The van der Waals surface area contributed by atoms with Gasteiger partial charge in [0, 0.05) is 18.7 Å². The second kappa shape index (κ2) is 3.75. The van der Waals surface area contributed by atoms with Crippen LogP contribution < -0.4 is 0 Å². The van der Waals surface area contributed by atoms with Crippen LogP contribution in [0, 0.1) is 0 Å². The zero-order chi connectivity index (χ0) is 8.39. The SMILES string of the molecule is OCC[C@@H]1CCC[C@@H]2CCCN21. The van der Waals surface area contributed by atoms with E-state index in [9.17, 15) is 0 Å². The van der Waals surface area contributed by atoms with Gasteiger partial charge < -0.3 is 5.11 Å². The highest BCUT2D eigenvalue weighted by Gasteiger charge is 2.32. The highest BCUT2D eigenvalue weighted by molar-refractivity contribution is 4.88. The highest BCUT2D eigenvalue weighted by Crippen LogP contribution is 2.31. The Morgan fingerprint density at radius 3 is 2.83 bits per heavy atom. The lowest BCUT2D eigenvalue weighted by atomic mass is 9.95. The summed E-state index contributed by atoms with van der Waals surface area (Å²) >= 11 is 0. The second-order valence-electron chi connectivity index (χ2n) is 4.13. The van der Waals surface area contributed by atoms with Crippen molar-refractivity contribution in [1.82, 2.24) is 4.90 Å². The molecule has 12 heavy (non-hydrogen) atoms. The van der Waals surface area contributed by atoms with Gasteiger partial charge in [0.25, 0.3) is 0 Å². The Morgan fingerprint density at radius 1 is 1.17 bits per heavy atom. The van der Waals surface area contributed by atoms with E-state index in [1.54, 1.807) is 0 Å². The summed E-state index contributed by atoms with van der Waals surface area (Å²) in [7, 11) is 0. The summed E-state index contributed by atoms with van der Waals surface area (Å²) in [6.45, 7) is 1.66. The Bertz CT molecular complexity index is 147. The van der Waals surface area contributed by atoms with E-state index in [1.165, 1.54) is 38.6 Å². The molecule has 2 saturated heterocycles. The smallest absolute Gasteiger partial charge is 0.0445 e. The van der Waals surface area contributed by atoms with Crippen molar-refractivity contribution in [2.75, 3.05) is 13.2 Å². The van der Waals surface area contributed by atoms with Crippen molar-refractivity contribution in [3.63, 3.8) is 0 Å². The molecule has 0 aromatic rings. The zero-order valence-electron chi connectivity index (χ0n) is 7.71. The number of nitrogens with zero attached hydrogens (tertiary/aromatic N) is 1. The highest BCUT2D eigenvalue weighted by atomic mass is 16.3. The van der Waals surface area contributed by atoms with Crippen LogP contribution in [0.3, 0.4) is 0 Å². The number of hydrogen-bond acceptors (Lipinski definition) is 2. The molecule has 1 N–H and O–H groups in total. The monoisotopic (exact) mass is 169 g/mol. The van der Waals surface area contributed by atoms with Crippen LogP contribution in [-0.2, 0) is 0 Å². The average molecular weight is 169 g/mol. The molecule has 2 heterocycles. The summed E-state index contributed by atoms with van der Waals surface area (Å²) in [6, 6.07) is 1.58. The summed E-state index contributed by atoms with van der Waals surface area (Å²) in [4.78, 5) is 2.64. The molecule has 2 aliphatic rings. The van der Waals surface area contributed by atoms with Crippen molar-refractivity contribution >= 4 is 0 Å². The van der Waals surface area contributed by atoms with E-state index in [0.717, 1.165) is 12.5 Å². The first kappa shape index (κ1) is 8.52. The number of hydrogen-bond donors (Lipinski definition) is 1. The fourth-order valence-electron chi connectivity index (χ4n) is 2.86. The van der Waals surface area contributed by atoms with Crippen molar-refractivity contribution in [1.29, 1.82) is 0 Å². The maximum Gasteiger partial charge on any atom is 0.0445 e. The van der Waals surface area contributed by atoms with Gasteiger partial charge in [0.1, 0.15) is 0 Å². The Balaban J connectivity index is 1.94. The Kier molecular flexibility index (Phi) is 2.66. The van der Waals surface area contributed by atoms with E-state index in [4.69, 9.17) is 5.11 Å². The standard InChI is InChI=1S/C10H19NO/c12-8-6-10-4-1-3-9-5-2-7-11(9)10/h9-10,12H,1-8H2/t9-,10+/m1/s1. The Morgan fingerprint density at radius 2 is 2.00 bits per heavy atom. The predicted octanol–water partition coefficient (Wildman–Crippen LogP) is 1.39. The summed E-state index contributed by atoms with van der Waals surface area (Å²) < 4.78 is 0. The van der Waals surface area contributed by atoms with Crippen molar-refractivity contribution in [2.24, 2.45) is 0 Å². The molecule has 0 spiro atoms. The largest absolute Gasteiger partial charge is 0.396 e. The molecule has 2 aliphatic heterocycles. The maximum atomic E-state index is 8.91. The molecular formula is C10H19NO. The first-order valence-corrected chi connectivity index (χ1v) is 5.28. The van der Waals surface area contributed by atoms with Gasteiger partial charge >= 0.3 is 0 Å². The van der Waals surface area contributed by atoms with Crippen LogP contribution in [0.5, 0.6) is 0 Å². The van der Waals surface area contributed by atoms with Gasteiger partial charge in [0.05, 0.1) is 0 Å². The number of fused-ring (bicyclic) bond motifs is 1. The summed E-state index contributed by atoms with van der Waals surface area (Å²) in [5.41, 5.74) is 0. The third-order valence-electron chi connectivity index (χ3n) is 3.43. The molecule has 2 fully saturated rings. The molecule has 0 aliphatic carbocycles. The first-order valence-electron chi connectivity index (χ1n) is 5.28. The normalized spacial score (nSPS) is 36.8. The lowest BCUT2D eigenvalue weighted by Crippen LogP contribution is -2.42. The molecule has 2 rings (SSSR count). The van der Waals surface area contributed by atoms with Crippen LogP contribution >= 0.6 is 0 Å². The maximum absolute atomic E-state index is 8.91. The van der Waals surface area contributed by atoms with Crippen LogP contribution in [-0.4, -0.2) is 35.2 Å². The number of rotatable bonds is 2. The Hall–Kier alpha value is -0.0800. The van der Waals surface area contributed by atoms with Gasteiger partial charge in [-0.1, -0.05) is 6.42 Å². The van der Waals surface area contributed by atoms with Crippen molar-refractivity contribution in [3.05, 3.63) is 0 Å². The first-order chi connectivity index (χ1) is 5.92. The second-order valence-corrected chi connectivity index (χ2v) is 4.13. The molecule has 0 radical (unpaired) electrons. The van der Waals surface area contributed by atoms with Gasteiger partial charge in [-0.3, -0.25) is 4.90 Å². The van der Waals surface area contributed by atoms with Gasteiger partial charge in [-0.05, 0) is 38.6 Å². The van der Waals surface area contributed by atoms with Gasteiger partial charge in [-0.25, -0.2) is 0 Å². The van der Waals surface area contributed by atoms with Crippen LogP contribution in [0.4, 0.5) is 0 Å². The molecule has 70 valence electrons. The van der Waals surface area contributed by atoms with E-state index in [-0.39, 0.29) is 0 Å². The molecule has 0 unspecified atom stereocenters. The topological polar surface area (TPSA) is 23.5 Å². The van der Waals surface area contributed by atoms with Gasteiger partial charge in [-0.15, -0.1) is 0 Å². The predicted molar refractivity (Wildman–Crippen MR) is 49.1 cm³/mol. The van der Waals surface area contributed by atoms with Crippen LogP contribution in [0.1, 0.15) is 38.5 Å². The quantitative estimate of drug-likeness (QED) is 0.675. The van der Waals surface area contributed by atoms with Crippen LogP contribution in [0.15, 0.2) is 0 Å². The van der Waals surface area contributed by atoms with E-state index in [0.29, 0.717) is 12.6 Å². The van der Waals surface area contributed by atoms with E-state index < -0.39 is 0 Å². The molecule has 0 aromatic carbocycles. The van der Waals surface area contributed by atoms with Crippen LogP contribution in [0.25, 0.3) is 0 Å². The lowest BCUT2D eigenvalue weighted by molar-refractivity contribution is 0.0995. The van der Waals surface area contributed by atoms with Gasteiger partial charge in [0.2, 0.25) is 0 Å². The fourth-order valence-corrected chi connectivity index (χ4v) is 2.86. The van der Waals surface area contributed by atoms with E-state index in [2.05, 4.69) is 4.90 Å². The molecule has 0 aromatic heterocycles. The third kappa shape index (κ3) is 1.50. The number of piperidine rings is 1. The minimum atomic E-state index is 0.369. The minimum absolute atomic E-state index is 0.369. The minimum Gasteiger partial charge on any atom is -0.396 e. The summed E-state index contributed by atoms with van der Waals surface area (Å²) in [5, 5.41) is 8.91. The Labute approximate surface area is 74.6 Å². The molecule has 0 amide bonds. The van der Waals surface area contributed by atoms with Crippen molar-refractivity contribution in [2.45, 2.75) is 50.6 Å². The summed E-state index contributed by atoms with van der Waals surface area (Å²) in [5.74, 6) is 0. The fraction of sp³-hybridized carbons (Fsp3) is 1.00. The molecule has 2 heteroatoms. The molecule has 0 saturated carbocycles. The van der Waals surface area contributed by atoms with E-state index >= 15 is 0 Å². The zero-order valence-corrected chi connectivity index (χ0v) is 7.71. The number of aliphatic hydroxyl groups excluding tert-OH is 1. The average Bonchev–Trinajstić information content (AvgIpc) is 2.53. The van der Waals surface area contributed by atoms with Gasteiger partial charge in [-0.2, -0.15) is 0 Å². The molecule has 0 bridgehead atoms.